The van der Waals surface area contributed by atoms with Crippen LogP contribution < -0.4 is 21.3 Å². The monoisotopic (exact) mass is 460 g/mol. The first-order valence-electron chi connectivity index (χ1n) is 10.1. The standard InChI is InChI=1S/C22H22Cl2N4O3/c23-13-2-7-16(17(24)10-13)22(31)28-11-20(29)27-18-9-12(1-8-19(18)28)21(30)26-15-5-3-14(25)4-6-15/h1-2,7-10,14-15H,3-6,11,25H2,(H,26,30)(H,27,29). The number of anilines is 2. The molecule has 0 saturated heterocycles. The third-order valence-corrected chi connectivity index (χ3v) is 6.19. The highest BCUT2D eigenvalue weighted by Gasteiger charge is 2.30. The lowest BCUT2D eigenvalue weighted by Crippen LogP contribution is -2.42. The molecule has 162 valence electrons. The molecule has 1 aliphatic carbocycles. The Kier molecular flexibility index (Phi) is 6.18. The normalized spacial score (nSPS) is 20.6. The number of rotatable bonds is 3. The average Bonchev–Trinajstić information content (AvgIpc) is 2.74. The Morgan fingerprint density at radius 3 is 2.52 bits per heavy atom. The Morgan fingerprint density at radius 1 is 1.06 bits per heavy atom. The van der Waals surface area contributed by atoms with Gasteiger partial charge in [-0.2, -0.15) is 0 Å². The number of nitrogens with one attached hydrogen (secondary N) is 2. The SMILES string of the molecule is NC1CCC(NC(=O)c2ccc3c(c2)NC(=O)CN3C(=O)c2ccc(Cl)cc2Cl)CC1. The molecular weight excluding hydrogens is 439 g/mol. The van der Waals surface area contributed by atoms with E-state index in [1.807, 2.05) is 0 Å². The van der Waals surface area contributed by atoms with E-state index in [0.29, 0.717) is 22.0 Å². The lowest BCUT2D eigenvalue weighted by molar-refractivity contribution is -0.115. The molecule has 3 amide bonds. The largest absolute Gasteiger partial charge is 0.349 e. The van der Waals surface area contributed by atoms with Crippen molar-refractivity contribution in [3.8, 4) is 0 Å². The Labute approximate surface area is 189 Å². The molecule has 2 aliphatic rings. The van der Waals surface area contributed by atoms with E-state index in [4.69, 9.17) is 28.9 Å². The fourth-order valence-electron chi connectivity index (χ4n) is 3.95. The first-order valence-corrected chi connectivity index (χ1v) is 10.8. The van der Waals surface area contributed by atoms with Crippen LogP contribution in [0.3, 0.4) is 0 Å². The zero-order valence-corrected chi connectivity index (χ0v) is 18.2. The molecule has 4 rings (SSSR count). The average molecular weight is 461 g/mol. The molecule has 1 heterocycles. The van der Waals surface area contributed by atoms with E-state index in [1.165, 1.54) is 17.0 Å². The molecule has 4 N–H and O–H groups in total. The van der Waals surface area contributed by atoms with Gasteiger partial charge in [-0.25, -0.2) is 0 Å². The van der Waals surface area contributed by atoms with Crippen LogP contribution >= 0.6 is 23.2 Å². The van der Waals surface area contributed by atoms with Crippen LogP contribution in [0.4, 0.5) is 11.4 Å². The van der Waals surface area contributed by atoms with Crippen LogP contribution in [0, 0.1) is 0 Å². The maximum atomic E-state index is 13.1. The summed E-state index contributed by atoms with van der Waals surface area (Å²) in [6.45, 7) is -0.154. The van der Waals surface area contributed by atoms with Crippen LogP contribution in [0.2, 0.25) is 10.0 Å². The predicted octanol–water partition coefficient (Wildman–Crippen LogP) is 3.59. The smallest absolute Gasteiger partial charge is 0.260 e. The highest BCUT2D eigenvalue weighted by Crippen LogP contribution is 2.33. The summed E-state index contributed by atoms with van der Waals surface area (Å²) in [5, 5.41) is 6.38. The number of carbonyl (C=O) groups is 3. The maximum Gasteiger partial charge on any atom is 0.260 e. The van der Waals surface area contributed by atoms with Gasteiger partial charge in [0.2, 0.25) is 5.91 Å². The molecule has 31 heavy (non-hydrogen) atoms. The third-order valence-electron chi connectivity index (χ3n) is 5.64. The molecule has 2 aromatic carbocycles. The van der Waals surface area contributed by atoms with Crippen molar-refractivity contribution < 1.29 is 14.4 Å². The van der Waals surface area contributed by atoms with Gasteiger partial charge in [0.25, 0.3) is 11.8 Å². The molecule has 0 aromatic heterocycles. The van der Waals surface area contributed by atoms with E-state index in [1.54, 1.807) is 24.3 Å². The van der Waals surface area contributed by atoms with E-state index in [9.17, 15) is 14.4 Å². The number of fused-ring (bicyclic) bond motifs is 1. The molecule has 0 unspecified atom stereocenters. The van der Waals surface area contributed by atoms with Crippen molar-refractivity contribution in [3.63, 3.8) is 0 Å². The van der Waals surface area contributed by atoms with E-state index < -0.39 is 5.91 Å². The van der Waals surface area contributed by atoms with E-state index in [0.717, 1.165) is 25.7 Å². The molecule has 0 radical (unpaired) electrons. The highest BCUT2D eigenvalue weighted by atomic mass is 35.5. The number of hydrogen-bond acceptors (Lipinski definition) is 4. The molecule has 9 heteroatoms. The molecule has 2 aromatic rings. The van der Waals surface area contributed by atoms with Crippen molar-refractivity contribution in [2.45, 2.75) is 37.8 Å². The minimum atomic E-state index is -0.423. The van der Waals surface area contributed by atoms with Crippen LogP contribution in [0.25, 0.3) is 0 Å². The molecule has 1 aliphatic heterocycles. The molecule has 7 nitrogen and oxygen atoms in total. The van der Waals surface area contributed by atoms with Crippen molar-refractivity contribution >= 4 is 52.3 Å². The van der Waals surface area contributed by atoms with E-state index >= 15 is 0 Å². The van der Waals surface area contributed by atoms with Gasteiger partial charge in [-0.3, -0.25) is 19.3 Å². The van der Waals surface area contributed by atoms with Gasteiger partial charge in [0.05, 0.1) is 22.0 Å². The van der Waals surface area contributed by atoms with Crippen molar-refractivity contribution in [2.24, 2.45) is 5.73 Å². The van der Waals surface area contributed by atoms with Crippen molar-refractivity contribution in [2.75, 3.05) is 16.8 Å². The summed E-state index contributed by atoms with van der Waals surface area (Å²) in [6.07, 6.45) is 3.46. The summed E-state index contributed by atoms with van der Waals surface area (Å²) in [4.78, 5) is 39.4. The maximum absolute atomic E-state index is 13.1. The summed E-state index contributed by atoms with van der Waals surface area (Å²) in [7, 11) is 0. The highest BCUT2D eigenvalue weighted by molar-refractivity contribution is 6.37. The Bertz CT molecular complexity index is 1050. The van der Waals surface area contributed by atoms with E-state index in [2.05, 4.69) is 10.6 Å². The second-order valence-corrected chi connectivity index (χ2v) is 8.72. The molecule has 0 bridgehead atoms. The van der Waals surface area contributed by atoms with Crippen LogP contribution in [0.15, 0.2) is 36.4 Å². The van der Waals surface area contributed by atoms with Crippen molar-refractivity contribution in [1.29, 1.82) is 0 Å². The number of nitrogens with zero attached hydrogens (tertiary/aromatic N) is 1. The zero-order valence-electron chi connectivity index (χ0n) is 16.7. The zero-order chi connectivity index (χ0) is 22.1. The van der Waals surface area contributed by atoms with E-state index in [-0.39, 0.29) is 41.0 Å². The first-order chi connectivity index (χ1) is 14.8. The molecule has 0 spiro atoms. The summed E-state index contributed by atoms with van der Waals surface area (Å²) < 4.78 is 0. The molecule has 1 fully saturated rings. The predicted molar refractivity (Wildman–Crippen MR) is 121 cm³/mol. The van der Waals surface area contributed by atoms with Crippen LogP contribution in [0.5, 0.6) is 0 Å². The summed E-state index contributed by atoms with van der Waals surface area (Å²) in [5.41, 5.74) is 7.47. The number of benzene rings is 2. The first kappa shape index (κ1) is 21.6. The van der Waals surface area contributed by atoms with Gasteiger partial charge >= 0.3 is 0 Å². The summed E-state index contributed by atoms with van der Waals surface area (Å²) in [6, 6.07) is 9.74. The van der Waals surface area contributed by atoms with Crippen LogP contribution in [0.1, 0.15) is 46.4 Å². The molecule has 0 atom stereocenters. The fraction of sp³-hybridized carbons (Fsp3) is 0.318. The number of halogens is 2. The van der Waals surface area contributed by atoms with Crippen molar-refractivity contribution in [1.82, 2.24) is 5.32 Å². The minimum absolute atomic E-state index is 0.0862. The third kappa shape index (κ3) is 4.69. The van der Waals surface area contributed by atoms with Crippen LogP contribution in [-0.4, -0.2) is 36.3 Å². The number of carbonyl (C=O) groups excluding carboxylic acids is 3. The Hall–Kier alpha value is -2.61. The number of amides is 3. The fourth-order valence-corrected chi connectivity index (χ4v) is 4.44. The minimum Gasteiger partial charge on any atom is -0.349 e. The second kappa shape index (κ2) is 8.86. The van der Waals surface area contributed by atoms with Gasteiger partial charge in [0.15, 0.2) is 0 Å². The number of nitrogens with two attached hydrogens (primary N) is 1. The Balaban J connectivity index is 1.56. The van der Waals surface area contributed by atoms with Gasteiger partial charge < -0.3 is 16.4 Å². The summed E-state index contributed by atoms with van der Waals surface area (Å²) in [5.74, 6) is -1.00. The lowest BCUT2D eigenvalue weighted by Gasteiger charge is -2.30. The molecular formula is C22H22Cl2N4O3. The Morgan fingerprint density at radius 2 is 1.81 bits per heavy atom. The second-order valence-electron chi connectivity index (χ2n) is 7.88. The summed E-state index contributed by atoms with van der Waals surface area (Å²) >= 11 is 12.1. The van der Waals surface area contributed by atoms with Gasteiger partial charge in [-0.1, -0.05) is 23.2 Å². The van der Waals surface area contributed by atoms with Gasteiger partial charge in [0.1, 0.15) is 6.54 Å². The quantitative estimate of drug-likeness (QED) is 0.650. The van der Waals surface area contributed by atoms with Crippen LogP contribution in [-0.2, 0) is 4.79 Å². The van der Waals surface area contributed by atoms with Gasteiger partial charge in [-0.05, 0) is 62.1 Å². The molecule has 1 saturated carbocycles. The van der Waals surface area contributed by atoms with Gasteiger partial charge in [0, 0.05) is 22.7 Å². The number of hydrogen-bond donors (Lipinski definition) is 3. The topological polar surface area (TPSA) is 105 Å². The lowest BCUT2D eigenvalue weighted by atomic mass is 9.91. The van der Waals surface area contributed by atoms with Gasteiger partial charge in [-0.15, -0.1) is 0 Å². The van der Waals surface area contributed by atoms with Crippen molar-refractivity contribution in [3.05, 3.63) is 57.6 Å².